The van der Waals surface area contributed by atoms with Gasteiger partial charge in [-0.2, -0.15) is 0 Å². The molecule has 0 aliphatic carbocycles. The van der Waals surface area contributed by atoms with Gasteiger partial charge in [0.05, 0.1) is 10.7 Å². The van der Waals surface area contributed by atoms with Crippen LogP contribution < -0.4 is 0 Å². The molecule has 0 unspecified atom stereocenters. The molecule has 17 heavy (non-hydrogen) atoms. The van der Waals surface area contributed by atoms with E-state index in [2.05, 4.69) is 23.1 Å². The molecule has 0 bridgehead atoms. The van der Waals surface area contributed by atoms with Crippen molar-refractivity contribution in [2.24, 2.45) is 0 Å². The average Bonchev–Trinajstić information content (AvgIpc) is 2.75. The zero-order valence-electron chi connectivity index (χ0n) is 9.93. The van der Waals surface area contributed by atoms with E-state index in [0.29, 0.717) is 5.92 Å². The lowest BCUT2D eigenvalue weighted by molar-refractivity contribution is 0.253. The fourth-order valence-corrected chi connectivity index (χ4v) is 2.71. The van der Waals surface area contributed by atoms with Gasteiger partial charge in [-0.15, -0.1) is 0 Å². The number of fused-ring (bicyclic) bond motifs is 1. The van der Waals surface area contributed by atoms with Gasteiger partial charge in [0.15, 0.2) is 5.65 Å². The number of imidazole rings is 1. The van der Waals surface area contributed by atoms with Gasteiger partial charge in [0, 0.05) is 18.3 Å². The highest BCUT2D eigenvalue weighted by molar-refractivity contribution is 6.33. The summed E-state index contributed by atoms with van der Waals surface area (Å²) >= 11 is 6.14. The van der Waals surface area contributed by atoms with Crippen LogP contribution in [0.15, 0.2) is 24.5 Å². The maximum Gasteiger partial charge on any atom is 0.155 e. The lowest BCUT2D eigenvalue weighted by Gasteiger charge is -2.27. The number of likely N-dealkylation sites (tertiary alicyclic amines) is 1. The zero-order valence-corrected chi connectivity index (χ0v) is 10.7. The molecule has 0 spiro atoms. The van der Waals surface area contributed by atoms with Gasteiger partial charge in [0.2, 0.25) is 0 Å². The van der Waals surface area contributed by atoms with Crippen LogP contribution >= 0.6 is 11.6 Å². The molecule has 3 rings (SSSR count). The fraction of sp³-hybridized carbons (Fsp3) is 0.462. The van der Waals surface area contributed by atoms with Crippen molar-refractivity contribution in [1.82, 2.24) is 14.3 Å². The molecule has 3 heterocycles. The molecule has 1 aliphatic heterocycles. The second-order valence-corrected chi connectivity index (χ2v) is 5.24. The first-order valence-electron chi connectivity index (χ1n) is 6.06. The van der Waals surface area contributed by atoms with Crippen molar-refractivity contribution < 1.29 is 0 Å². The SMILES string of the molecule is CN1CCC(c2cn3cccc(Cl)c3n2)CC1. The summed E-state index contributed by atoms with van der Waals surface area (Å²) < 4.78 is 2.02. The van der Waals surface area contributed by atoms with E-state index in [1.165, 1.54) is 18.5 Å². The third-order valence-corrected chi connectivity index (χ3v) is 3.89. The summed E-state index contributed by atoms with van der Waals surface area (Å²) in [6.07, 6.45) is 6.51. The largest absolute Gasteiger partial charge is 0.306 e. The van der Waals surface area contributed by atoms with E-state index in [9.17, 15) is 0 Å². The van der Waals surface area contributed by atoms with Crippen molar-refractivity contribution >= 4 is 17.2 Å². The standard InChI is InChI=1S/C13H16ClN3/c1-16-7-4-10(5-8-16)12-9-17-6-2-3-11(14)13(17)15-12/h2-3,6,9-10H,4-5,7-8H2,1H3. The van der Waals surface area contributed by atoms with Gasteiger partial charge >= 0.3 is 0 Å². The smallest absolute Gasteiger partial charge is 0.155 e. The van der Waals surface area contributed by atoms with E-state index in [1.807, 2.05) is 22.7 Å². The van der Waals surface area contributed by atoms with Crippen LogP contribution in [0.3, 0.4) is 0 Å². The average molecular weight is 250 g/mol. The van der Waals surface area contributed by atoms with Gasteiger partial charge in [-0.1, -0.05) is 11.6 Å². The van der Waals surface area contributed by atoms with E-state index in [0.717, 1.165) is 23.8 Å². The van der Waals surface area contributed by atoms with Gasteiger partial charge in [-0.3, -0.25) is 0 Å². The Kier molecular flexibility index (Phi) is 2.81. The molecule has 0 aromatic carbocycles. The Bertz CT molecular complexity index is 526. The summed E-state index contributed by atoms with van der Waals surface area (Å²) in [6, 6.07) is 3.84. The topological polar surface area (TPSA) is 20.5 Å². The summed E-state index contributed by atoms with van der Waals surface area (Å²) in [5, 5.41) is 0.728. The molecule has 0 atom stereocenters. The zero-order chi connectivity index (χ0) is 11.8. The van der Waals surface area contributed by atoms with E-state index in [-0.39, 0.29) is 0 Å². The molecule has 0 amide bonds. The molecule has 1 fully saturated rings. The molecule has 2 aromatic rings. The van der Waals surface area contributed by atoms with E-state index in [4.69, 9.17) is 11.6 Å². The molecule has 1 aliphatic rings. The second kappa shape index (κ2) is 4.31. The Hall–Kier alpha value is -1.06. The maximum absolute atomic E-state index is 6.14. The molecule has 0 saturated carbocycles. The van der Waals surface area contributed by atoms with E-state index >= 15 is 0 Å². The summed E-state index contributed by atoms with van der Waals surface area (Å²) in [6.45, 7) is 2.32. The van der Waals surface area contributed by atoms with Crippen molar-refractivity contribution in [2.75, 3.05) is 20.1 Å². The van der Waals surface area contributed by atoms with Crippen molar-refractivity contribution in [2.45, 2.75) is 18.8 Å². The first kappa shape index (κ1) is 11.1. The van der Waals surface area contributed by atoms with Crippen LogP contribution in [0.4, 0.5) is 0 Å². The Labute approximate surface area is 106 Å². The molecule has 0 radical (unpaired) electrons. The number of hydrogen-bond donors (Lipinski definition) is 0. The predicted molar refractivity (Wildman–Crippen MR) is 69.7 cm³/mol. The molecular formula is C13H16ClN3. The number of halogens is 1. The van der Waals surface area contributed by atoms with Gasteiger partial charge in [-0.05, 0) is 45.1 Å². The van der Waals surface area contributed by atoms with Crippen LogP contribution in [0.1, 0.15) is 24.5 Å². The maximum atomic E-state index is 6.14. The number of piperidine rings is 1. The molecule has 3 nitrogen and oxygen atoms in total. The normalized spacial score (nSPS) is 18.9. The molecule has 2 aromatic heterocycles. The lowest BCUT2D eigenvalue weighted by atomic mass is 9.94. The first-order chi connectivity index (χ1) is 8.24. The molecule has 1 saturated heterocycles. The van der Waals surface area contributed by atoms with Crippen LogP contribution in [0.2, 0.25) is 5.02 Å². The van der Waals surface area contributed by atoms with Gasteiger partial charge < -0.3 is 9.30 Å². The lowest BCUT2D eigenvalue weighted by Crippen LogP contribution is -2.29. The number of pyridine rings is 1. The van der Waals surface area contributed by atoms with Crippen LogP contribution in [0.5, 0.6) is 0 Å². The number of hydrogen-bond acceptors (Lipinski definition) is 2. The second-order valence-electron chi connectivity index (χ2n) is 4.83. The highest BCUT2D eigenvalue weighted by Crippen LogP contribution is 2.28. The summed E-state index contributed by atoms with van der Waals surface area (Å²) in [7, 11) is 2.18. The summed E-state index contributed by atoms with van der Waals surface area (Å²) in [4.78, 5) is 7.05. The third-order valence-electron chi connectivity index (χ3n) is 3.59. The third kappa shape index (κ3) is 2.05. The van der Waals surface area contributed by atoms with Gasteiger partial charge in [0.1, 0.15) is 0 Å². The van der Waals surface area contributed by atoms with Crippen LogP contribution in [-0.4, -0.2) is 34.4 Å². The number of aromatic nitrogens is 2. The Morgan fingerprint density at radius 2 is 2.12 bits per heavy atom. The van der Waals surface area contributed by atoms with Crippen molar-refractivity contribution in [3.8, 4) is 0 Å². The Morgan fingerprint density at radius 1 is 1.35 bits per heavy atom. The van der Waals surface area contributed by atoms with Crippen LogP contribution in [-0.2, 0) is 0 Å². The molecule has 0 N–H and O–H groups in total. The van der Waals surface area contributed by atoms with Gasteiger partial charge in [-0.25, -0.2) is 4.98 Å². The molecule has 90 valence electrons. The number of rotatable bonds is 1. The highest BCUT2D eigenvalue weighted by atomic mass is 35.5. The van der Waals surface area contributed by atoms with Crippen LogP contribution in [0, 0.1) is 0 Å². The highest BCUT2D eigenvalue weighted by Gasteiger charge is 2.21. The van der Waals surface area contributed by atoms with Crippen molar-refractivity contribution in [3.63, 3.8) is 0 Å². The monoisotopic (exact) mass is 249 g/mol. The van der Waals surface area contributed by atoms with E-state index in [1.54, 1.807) is 0 Å². The Balaban J connectivity index is 1.93. The summed E-state index contributed by atoms with van der Waals surface area (Å²) in [5.74, 6) is 0.585. The quantitative estimate of drug-likeness (QED) is 0.775. The van der Waals surface area contributed by atoms with Crippen molar-refractivity contribution in [1.29, 1.82) is 0 Å². The number of nitrogens with zero attached hydrogens (tertiary/aromatic N) is 3. The minimum absolute atomic E-state index is 0.585. The first-order valence-corrected chi connectivity index (χ1v) is 6.43. The van der Waals surface area contributed by atoms with E-state index < -0.39 is 0 Å². The predicted octanol–water partition coefficient (Wildman–Crippen LogP) is 2.80. The molecule has 4 heteroatoms. The minimum atomic E-state index is 0.585. The minimum Gasteiger partial charge on any atom is -0.306 e. The Morgan fingerprint density at radius 3 is 2.82 bits per heavy atom. The van der Waals surface area contributed by atoms with Crippen LogP contribution in [0.25, 0.3) is 5.65 Å². The molecular weight excluding hydrogens is 234 g/mol. The van der Waals surface area contributed by atoms with Gasteiger partial charge in [0.25, 0.3) is 0 Å². The van der Waals surface area contributed by atoms with Crippen molar-refractivity contribution in [3.05, 3.63) is 35.2 Å². The summed E-state index contributed by atoms with van der Waals surface area (Å²) in [5.41, 5.74) is 2.06. The fourth-order valence-electron chi connectivity index (χ4n) is 2.50.